The first-order chi connectivity index (χ1) is 9.15. The third-order valence-electron chi connectivity index (χ3n) is 3.21. The van der Waals surface area contributed by atoms with Gasteiger partial charge in [0.15, 0.2) is 0 Å². The summed E-state index contributed by atoms with van der Waals surface area (Å²) in [6.45, 7) is 2.85. The van der Waals surface area contributed by atoms with Crippen molar-refractivity contribution >= 4 is 11.8 Å². The Hall–Kier alpha value is -2.04. The molecule has 0 aliphatic carbocycles. The first kappa shape index (κ1) is 13.4. The van der Waals surface area contributed by atoms with Gasteiger partial charge in [0, 0.05) is 25.5 Å². The number of ketones is 1. The number of aromatic nitrogens is 1. The van der Waals surface area contributed by atoms with Crippen LogP contribution in [0.1, 0.15) is 30.3 Å². The van der Waals surface area contributed by atoms with Crippen LogP contribution in [0.4, 0.5) is 0 Å². The van der Waals surface area contributed by atoms with E-state index in [9.17, 15) is 9.59 Å². The second-order valence-electron chi connectivity index (χ2n) is 4.48. The molecule has 1 N–H and O–H groups in total. The average Bonchev–Trinajstić information content (AvgIpc) is 3.02. The number of nitrogens with zero attached hydrogens (tertiary/aromatic N) is 1. The largest absolute Gasteiger partial charge is 0.462 e. The van der Waals surface area contributed by atoms with Crippen LogP contribution in [0, 0.1) is 0 Å². The fourth-order valence-corrected chi connectivity index (χ4v) is 2.28. The molecule has 19 heavy (non-hydrogen) atoms. The van der Waals surface area contributed by atoms with E-state index in [1.54, 1.807) is 25.3 Å². The summed E-state index contributed by atoms with van der Waals surface area (Å²) in [6.07, 6.45) is 3.35. The molecule has 1 aromatic heterocycles. The number of allylic oxidation sites excluding steroid dienone is 1. The lowest BCUT2D eigenvalue weighted by atomic mass is 10.0. The van der Waals surface area contributed by atoms with Crippen molar-refractivity contribution in [3.05, 3.63) is 35.3 Å². The number of carbonyl (C=O) groups is 2. The third-order valence-corrected chi connectivity index (χ3v) is 3.21. The minimum atomic E-state index is -0.536. The number of hydrogen-bond acceptors (Lipinski definition) is 4. The molecule has 0 unspecified atom stereocenters. The molecule has 0 bridgehead atoms. The van der Waals surface area contributed by atoms with Gasteiger partial charge in [0.05, 0.1) is 12.3 Å². The van der Waals surface area contributed by atoms with Gasteiger partial charge in [-0.1, -0.05) is 0 Å². The van der Waals surface area contributed by atoms with Crippen LogP contribution < -0.4 is 0 Å². The molecule has 0 amide bonds. The van der Waals surface area contributed by atoms with Crippen LogP contribution in [0.3, 0.4) is 0 Å². The van der Waals surface area contributed by atoms with Gasteiger partial charge in [-0.3, -0.25) is 4.79 Å². The molecular formula is C14H18N2O3. The van der Waals surface area contributed by atoms with Gasteiger partial charge >= 0.3 is 5.97 Å². The summed E-state index contributed by atoms with van der Waals surface area (Å²) < 4.78 is 5.03. The molecule has 102 valence electrons. The molecule has 5 nitrogen and oxygen atoms in total. The van der Waals surface area contributed by atoms with E-state index in [0.717, 1.165) is 25.1 Å². The number of esters is 1. The fourth-order valence-electron chi connectivity index (χ4n) is 2.28. The molecule has 1 aromatic rings. The van der Waals surface area contributed by atoms with E-state index >= 15 is 0 Å². The fraction of sp³-hybridized carbons (Fsp3) is 0.429. The first-order valence-corrected chi connectivity index (χ1v) is 6.44. The molecule has 0 aromatic carbocycles. The Bertz CT molecular complexity index is 503. The molecular weight excluding hydrogens is 244 g/mol. The topological polar surface area (TPSA) is 62.4 Å². The number of Topliss-reactive ketones (excluding diaryl/α,β-unsaturated/α-hetero) is 1. The zero-order chi connectivity index (χ0) is 13.8. The first-order valence-electron chi connectivity index (χ1n) is 6.44. The van der Waals surface area contributed by atoms with E-state index in [4.69, 9.17) is 4.74 Å². The maximum absolute atomic E-state index is 12.4. The smallest absolute Gasteiger partial charge is 0.343 e. The Kier molecular flexibility index (Phi) is 4.04. The normalized spacial score (nSPS) is 17.5. The highest BCUT2D eigenvalue weighted by Gasteiger charge is 2.29. The van der Waals surface area contributed by atoms with Crippen LogP contribution in [-0.2, 0) is 9.53 Å². The van der Waals surface area contributed by atoms with Crippen LogP contribution in [0.15, 0.2) is 29.6 Å². The maximum Gasteiger partial charge on any atom is 0.343 e. The van der Waals surface area contributed by atoms with E-state index in [0.29, 0.717) is 5.69 Å². The van der Waals surface area contributed by atoms with Crippen LogP contribution in [0.2, 0.25) is 0 Å². The van der Waals surface area contributed by atoms with E-state index in [1.165, 1.54) is 0 Å². The maximum atomic E-state index is 12.4. The van der Waals surface area contributed by atoms with Gasteiger partial charge in [-0.05, 0) is 31.9 Å². The lowest BCUT2D eigenvalue weighted by Crippen LogP contribution is -2.23. The summed E-state index contributed by atoms with van der Waals surface area (Å²) in [5.74, 6) is -0.835. The lowest BCUT2D eigenvalue weighted by molar-refractivity contribution is -0.138. The molecule has 1 saturated heterocycles. The lowest BCUT2D eigenvalue weighted by Gasteiger charge is -2.16. The summed E-state index contributed by atoms with van der Waals surface area (Å²) in [6, 6.07) is 3.40. The number of H-pyrrole nitrogens is 1. The van der Waals surface area contributed by atoms with Gasteiger partial charge in [0.25, 0.3) is 0 Å². The summed E-state index contributed by atoms with van der Waals surface area (Å²) in [5.41, 5.74) is 1.35. The van der Waals surface area contributed by atoms with Crippen LogP contribution in [0.5, 0.6) is 0 Å². The molecule has 2 heterocycles. The van der Waals surface area contributed by atoms with Crippen LogP contribution in [0.25, 0.3) is 0 Å². The molecule has 0 radical (unpaired) electrons. The molecule has 0 atom stereocenters. The molecule has 1 fully saturated rings. The number of likely N-dealkylation sites (tertiary alicyclic amines) is 1. The minimum absolute atomic E-state index is 0.157. The summed E-state index contributed by atoms with van der Waals surface area (Å²) in [4.78, 5) is 29.3. The third kappa shape index (κ3) is 2.70. The molecule has 0 spiro atoms. The Morgan fingerprint density at radius 1 is 1.47 bits per heavy atom. The molecule has 1 aliphatic rings. The SMILES string of the molecule is CCOC(=O)C(C(=O)c1ccc[nH]1)=C1CCCN1C. The molecule has 5 heteroatoms. The zero-order valence-electron chi connectivity index (χ0n) is 11.2. The van der Waals surface area contributed by atoms with Crippen LogP contribution >= 0.6 is 0 Å². The van der Waals surface area contributed by atoms with Gasteiger partial charge in [-0.15, -0.1) is 0 Å². The van der Waals surface area contributed by atoms with E-state index in [1.807, 2.05) is 11.9 Å². The number of carbonyl (C=O) groups excluding carboxylic acids is 2. The number of nitrogens with one attached hydrogen (secondary N) is 1. The van der Waals surface area contributed by atoms with Crippen molar-refractivity contribution in [2.45, 2.75) is 19.8 Å². The molecule has 0 saturated carbocycles. The highest BCUT2D eigenvalue weighted by Crippen LogP contribution is 2.25. The Labute approximate surface area is 112 Å². The van der Waals surface area contributed by atoms with Crippen molar-refractivity contribution in [1.29, 1.82) is 0 Å². The van der Waals surface area contributed by atoms with Gasteiger partial charge in [-0.25, -0.2) is 4.79 Å². The van der Waals surface area contributed by atoms with Gasteiger partial charge in [0.2, 0.25) is 5.78 Å². The highest BCUT2D eigenvalue weighted by molar-refractivity contribution is 6.24. The summed E-state index contributed by atoms with van der Waals surface area (Å²) >= 11 is 0. The predicted molar refractivity (Wildman–Crippen MR) is 70.6 cm³/mol. The monoisotopic (exact) mass is 262 g/mol. The summed E-state index contributed by atoms with van der Waals surface area (Å²) in [7, 11) is 1.89. The standard InChI is InChI=1S/C14H18N2O3/c1-3-19-14(18)12(11-7-5-9-16(11)2)13(17)10-6-4-8-15-10/h4,6,8,15H,3,5,7,9H2,1-2H3. The second-order valence-corrected chi connectivity index (χ2v) is 4.48. The van der Waals surface area contributed by atoms with Crippen molar-refractivity contribution in [2.24, 2.45) is 0 Å². The Balaban J connectivity index is 2.40. The second kappa shape index (κ2) is 5.73. The van der Waals surface area contributed by atoms with Gasteiger partial charge in [-0.2, -0.15) is 0 Å². The molecule has 2 rings (SSSR count). The van der Waals surface area contributed by atoms with Crippen molar-refractivity contribution in [1.82, 2.24) is 9.88 Å². The van der Waals surface area contributed by atoms with Crippen LogP contribution in [-0.4, -0.2) is 41.8 Å². The molecule has 1 aliphatic heterocycles. The highest BCUT2D eigenvalue weighted by atomic mass is 16.5. The zero-order valence-corrected chi connectivity index (χ0v) is 11.2. The van der Waals surface area contributed by atoms with Gasteiger partial charge in [0.1, 0.15) is 5.57 Å². The average molecular weight is 262 g/mol. The van der Waals surface area contributed by atoms with Crippen molar-refractivity contribution in [2.75, 3.05) is 20.2 Å². The van der Waals surface area contributed by atoms with E-state index in [-0.39, 0.29) is 18.0 Å². The van der Waals surface area contributed by atoms with Gasteiger partial charge < -0.3 is 14.6 Å². The summed E-state index contributed by atoms with van der Waals surface area (Å²) in [5, 5.41) is 0. The predicted octanol–water partition coefficient (Wildman–Crippen LogP) is 1.74. The van der Waals surface area contributed by atoms with Crippen molar-refractivity contribution in [3.8, 4) is 0 Å². The minimum Gasteiger partial charge on any atom is -0.462 e. The van der Waals surface area contributed by atoms with E-state index in [2.05, 4.69) is 4.98 Å². The number of ether oxygens (including phenoxy) is 1. The van der Waals surface area contributed by atoms with Crippen molar-refractivity contribution < 1.29 is 14.3 Å². The Morgan fingerprint density at radius 3 is 2.79 bits per heavy atom. The quantitative estimate of drug-likeness (QED) is 0.295. The number of hydrogen-bond donors (Lipinski definition) is 1. The number of rotatable bonds is 4. The van der Waals surface area contributed by atoms with E-state index < -0.39 is 5.97 Å². The van der Waals surface area contributed by atoms with Crippen molar-refractivity contribution in [3.63, 3.8) is 0 Å². The number of aromatic amines is 1. The Morgan fingerprint density at radius 2 is 2.26 bits per heavy atom.